The molecule has 0 unspecified atom stereocenters. The van der Waals surface area contributed by atoms with Crippen molar-refractivity contribution < 1.29 is 0 Å². The lowest BCUT2D eigenvalue weighted by Gasteiger charge is -2.08. The average Bonchev–Trinajstić information content (AvgIpc) is 2.78. The van der Waals surface area contributed by atoms with Gasteiger partial charge in [-0.3, -0.25) is 0 Å². The molecule has 0 atom stereocenters. The van der Waals surface area contributed by atoms with Crippen LogP contribution in [0.15, 0.2) is 42.5 Å². The largest absolute Gasteiger partial charge is 0.322 e. The Bertz CT molecular complexity index is 751. The van der Waals surface area contributed by atoms with Gasteiger partial charge in [0.2, 0.25) is 0 Å². The van der Waals surface area contributed by atoms with E-state index < -0.39 is 0 Å². The quantitative estimate of drug-likeness (QED) is 0.610. The maximum absolute atomic E-state index is 6.11. The summed E-state index contributed by atoms with van der Waals surface area (Å²) >= 11 is 18.1. The molecule has 0 amide bonds. The molecule has 2 aromatic carbocycles. The monoisotopic (exact) mass is 324 g/mol. The van der Waals surface area contributed by atoms with E-state index in [1.807, 2.05) is 24.3 Å². The van der Waals surface area contributed by atoms with Gasteiger partial charge in [0, 0.05) is 6.54 Å². The highest BCUT2D eigenvalue weighted by Gasteiger charge is 2.12. The molecule has 102 valence electrons. The second-order valence-electron chi connectivity index (χ2n) is 4.49. The van der Waals surface area contributed by atoms with Crippen molar-refractivity contribution in [2.24, 2.45) is 0 Å². The molecule has 0 aliphatic carbocycles. The summed E-state index contributed by atoms with van der Waals surface area (Å²) in [6.45, 7) is 0.706. The first-order valence-electron chi connectivity index (χ1n) is 6.13. The molecule has 0 fully saturated rings. The molecule has 0 spiro atoms. The Morgan fingerprint density at radius 3 is 2.40 bits per heavy atom. The fourth-order valence-electron chi connectivity index (χ4n) is 2.21. The topological polar surface area (TPSA) is 17.8 Å². The van der Waals surface area contributed by atoms with Crippen LogP contribution < -0.4 is 0 Å². The van der Waals surface area contributed by atoms with E-state index in [4.69, 9.17) is 34.8 Å². The fraction of sp³-hybridized carbons (Fsp3) is 0.133. The summed E-state index contributed by atoms with van der Waals surface area (Å²) in [7, 11) is 0. The summed E-state index contributed by atoms with van der Waals surface area (Å²) in [5, 5.41) is 1.03. The van der Waals surface area contributed by atoms with Crippen molar-refractivity contribution in [1.29, 1.82) is 0 Å². The first-order chi connectivity index (χ1) is 9.69. The van der Waals surface area contributed by atoms with Gasteiger partial charge < -0.3 is 4.57 Å². The number of benzene rings is 2. The van der Waals surface area contributed by atoms with Crippen LogP contribution in [-0.4, -0.2) is 9.55 Å². The van der Waals surface area contributed by atoms with Gasteiger partial charge in [0.05, 0.1) is 27.0 Å². The second-order valence-corrected chi connectivity index (χ2v) is 5.57. The van der Waals surface area contributed by atoms with Gasteiger partial charge in [0.25, 0.3) is 0 Å². The Labute approximate surface area is 131 Å². The number of rotatable bonds is 3. The van der Waals surface area contributed by atoms with Gasteiger partial charge in [-0.1, -0.05) is 53.5 Å². The third-order valence-corrected chi connectivity index (χ3v) is 4.13. The molecule has 0 radical (unpaired) electrons. The Morgan fingerprint density at radius 2 is 1.70 bits per heavy atom. The Balaban J connectivity index is 2.15. The third kappa shape index (κ3) is 2.51. The number of hydrogen-bond donors (Lipinski definition) is 0. The highest BCUT2D eigenvalue weighted by atomic mass is 35.5. The summed E-state index contributed by atoms with van der Waals surface area (Å²) in [4.78, 5) is 4.52. The minimum Gasteiger partial charge on any atom is -0.322 e. The van der Waals surface area contributed by atoms with Gasteiger partial charge in [0.1, 0.15) is 5.82 Å². The highest BCUT2D eigenvalue weighted by Crippen LogP contribution is 2.29. The van der Waals surface area contributed by atoms with Crippen molar-refractivity contribution in [2.45, 2.75) is 12.4 Å². The minimum atomic E-state index is 0.344. The molecule has 1 heterocycles. The zero-order chi connectivity index (χ0) is 14.1. The van der Waals surface area contributed by atoms with Gasteiger partial charge in [-0.2, -0.15) is 0 Å². The number of aromatic nitrogens is 2. The Hall–Kier alpha value is -1.22. The number of hydrogen-bond acceptors (Lipinski definition) is 1. The van der Waals surface area contributed by atoms with E-state index in [0.29, 0.717) is 22.5 Å². The average molecular weight is 326 g/mol. The lowest BCUT2D eigenvalue weighted by Crippen LogP contribution is -2.03. The summed E-state index contributed by atoms with van der Waals surface area (Å²) in [5.41, 5.74) is 2.94. The van der Waals surface area contributed by atoms with E-state index in [2.05, 4.69) is 21.7 Å². The number of halogens is 3. The molecule has 0 bridgehead atoms. The number of fused-ring (bicyclic) bond motifs is 1. The summed E-state index contributed by atoms with van der Waals surface area (Å²) in [6.07, 6.45) is 0. The number of alkyl halides is 1. The second kappa shape index (κ2) is 5.65. The van der Waals surface area contributed by atoms with Crippen LogP contribution in [-0.2, 0) is 12.4 Å². The molecule has 5 heteroatoms. The molecular formula is C15H11Cl3N2. The lowest BCUT2D eigenvalue weighted by molar-refractivity contribution is 0.779. The molecule has 0 saturated carbocycles. The van der Waals surface area contributed by atoms with E-state index in [1.165, 1.54) is 5.56 Å². The molecule has 0 aliphatic heterocycles. The number of nitrogens with zero attached hydrogens (tertiary/aromatic N) is 2. The van der Waals surface area contributed by atoms with E-state index in [0.717, 1.165) is 16.9 Å². The van der Waals surface area contributed by atoms with Crippen LogP contribution in [0.4, 0.5) is 0 Å². The third-order valence-electron chi connectivity index (χ3n) is 3.17. The van der Waals surface area contributed by atoms with Crippen LogP contribution in [0.2, 0.25) is 10.0 Å². The smallest absolute Gasteiger partial charge is 0.125 e. The molecular weight excluding hydrogens is 315 g/mol. The van der Waals surface area contributed by atoms with Crippen molar-refractivity contribution >= 4 is 45.8 Å². The first kappa shape index (κ1) is 13.7. The standard InChI is InChI=1S/C15H11Cl3N2/c16-8-15-19-13-6-11(17)12(18)7-14(13)20(15)9-10-4-2-1-3-5-10/h1-7H,8-9H2. The van der Waals surface area contributed by atoms with Crippen LogP contribution in [0.3, 0.4) is 0 Å². The van der Waals surface area contributed by atoms with Gasteiger partial charge in [0.15, 0.2) is 0 Å². The molecule has 1 aromatic heterocycles. The van der Waals surface area contributed by atoms with Gasteiger partial charge in [-0.25, -0.2) is 4.98 Å². The van der Waals surface area contributed by atoms with E-state index in [-0.39, 0.29) is 0 Å². The predicted octanol–water partition coefficient (Wildman–Crippen LogP) is 5.13. The summed E-state index contributed by atoms with van der Waals surface area (Å²) in [6, 6.07) is 13.8. The molecule has 0 N–H and O–H groups in total. The first-order valence-corrected chi connectivity index (χ1v) is 7.42. The normalized spacial score (nSPS) is 11.2. The van der Waals surface area contributed by atoms with Crippen molar-refractivity contribution in [3.63, 3.8) is 0 Å². The van der Waals surface area contributed by atoms with E-state index in [1.54, 1.807) is 6.07 Å². The van der Waals surface area contributed by atoms with Crippen molar-refractivity contribution in [3.8, 4) is 0 Å². The Morgan fingerprint density at radius 1 is 1.00 bits per heavy atom. The molecule has 3 aromatic rings. The van der Waals surface area contributed by atoms with Crippen LogP contribution in [0, 0.1) is 0 Å². The zero-order valence-electron chi connectivity index (χ0n) is 10.5. The molecule has 0 saturated heterocycles. The maximum Gasteiger partial charge on any atom is 0.125 e. The SMILES string of the molecule is ClCc1nc2cc(Cl)c(Cl)cc2n1Cc1ccccc1. The van der Waals surface area contributed by atoms with Crippen LogP contribution in [0.5, 0.6) is 0 Å². The molecule has 2 nitrogen and oxygen atoms in total. The molecule has 20 heavy (non-hydrogen) atoms. The maximum atomic E-state index is 6.11. The van der Waals surface area contributed by atoms with Gasteiger partial charge in [-0.15, -0.1) is 11.6 Å². The van der Waals surface area contributed by atoms with E-state index >= 15 is 0 Å². The van der Waals surface area contributed by atoms with Crippen LogP contribution in [0.1, 0.15) is 11.4 Å². The summed E-state index contributed by atoms with van der Waals surface area (Å²) in [5.74, 6) is 1.15. The van der Waals surface area contributed by atoms with E-state index in [9.17, 15) is 0 Å². The Kier molecular flexibility index (Phi) is 3.88. The fourth-order valence-corrected chi connectivity index (χ4v) is 2.73. The van der Waals surface area contributed by atoms with Crippen LogP contribution >= 0.6 is 34.8 Å². The lowest BCUT2D eigenvalue weighted by atomic mass is 10.2. The van der Waals surface area contributed by atoms with Crippen molar-refractivity contribution in [1.82, 2.24) is 9.55 Å². The molecule has 3 rings (SSSR count). The molecule has 0 aliphatic rings. The summed E-state index contributed by atoms with van der Waals surface area (Å²) < 4.78 is 2.07. The van der Waals surface area contributed by atoms with Crippen LogP contribution in [0.25, 0.3) is 11.0 Å². The van der Waals surface area contributed by atoms with Gasteiger partial charge in [-0.05, 0) is 17.7 Å². The van der Waals surface area contributed by atoms with Crippen molar-refractivity contribution in [2.75, 3.05) is 0 Å². The zero-order valence-corrected chi connectivity index (χ0v) is 12.8. The minimum absolute atomic E-state index is 0.344. The predicted molar refractivity (Wildman–Crippen MR) is 84.9 cm³/mol. The van der Waals surface area contributed by atoms with Crippen molar-refractivity contribution in [3.05, 3.63) is 63.9 Å². The van der Waals surface area contributed by atoms with Gasteiger partial charge >= 0.3 is 0 Å². The number of imidazole rings is 1. The highest BCUT2D eigenvalue weighted by molar-refractivity contribution is 6.42.